The molecule has 0 saturated heterocycles. The number of hydrogen-bond donors (Lipinski definition) is 5. The minimum Gasteiger partial charge on any atom is -0.480 e. The largest absolute Gasteiger partial charge is 0.480 e. The van der Waals surface area contributed by atoms with Gasteiger partial charge >= 0.3 is 11.6 Å². The third-order valence-electron chi connectivity index (χ3n) is 9.42. The van der Waals surface area contributed by atoms with Crippen LogP contribution in [0.4, 0.5) is 5.69 Å². The molecule has 60 heavy (non-hydrogen) atoms. The fourth-order valence-corrected chi connectivity index (χ4v) is 7.37. The zero-order chi connectivity index (χ0) is 43.0. The van der Waals surface area contributed by atoms with Crippen molar-refractivity contribution in [1.29, 1.82) is 0 Å². The fourth-order valence-electron chi connectivity index (χ4n) is 6.38. The van der Waals surface area contributed by atoms with Gasteiger partial charge in [0.05, 0.1) is 11.5 Å². The average molecular weight is 861 g/mol. The first-order chi connectivity index (χ1) is 28.5. The molecule has 314 valence electrons. The highest BCUT2D eigenvalue weighted by molar-refractivity contribution is 7.86. The van der Waals surface area contributed by atoms with Crippen LogP contribution in [0.3, 0.4) is 0 Å². The van der Waals surface area contributed by atoms with Crippen LogP contribution in [-0.2, 0) is 34.6 Å². The maximum Gasteiger partial charge on any atom is 0.349 e. The average Bonchev–Trinajstić information content (AvgIpc) is 3.63. The number of aliphatic imine (C=N–C) groups is 1. The number of carboxylic acid groups (broad SMARTS) is 1. The Bertz CT molecular complexity index is 2640. The summed E-state index contributed by atoms with van der Waals surface area (Å²) in [6, 6.07) is 20.4. The van der Waals surface area contributed by atoms with Crippen molar-refractivity contribution in [3.05, 3.63) is 135 Å². The molecule has 2 amide bonds. The summed E-state index contributed by atoms with van der Waals surface area (Å²) in [5.74, 6) is -3.78. The Morgan fingerprint density at radius 2 is 1.50 bits per heavy atom. The first kappa shape index (κ1) is 43.2. The highest BCUT2D eigenvalue weighted by atomic mass is 32.2. The standard InChI is InChI=1S/C41H40N4O13S2/c46-37(28-12-10-27(11-13-28)9-8-26-6-2-1-3-7-26)42-25-34(40(48)49)43-38(47)30-15-17-35-33(23-30)44-39(57-35)32-22-29-14-16-31(24-36(29)58-41(32)50)45(18-4-20-59(51,52)53)19-5-21-60(54,55)56/h1-3,6-17,22-24,33-35H,4-5,18-21,25H2,(H,42,46)(H,43,47)(H,48,49)(H,51,52,53)(H,54,55,56)/b9-8+. The van der Waals surface area contributed by atoms with Crippen molar-refractivity contribution >= 4 is 72.7 Å². The van der Waals surface area contributed by atoms with Gasteiger partial charge in [0.15, 0.2) is 0 Å². The molecule has 0 radical (unpaired) electrons. The summed E-state index contributed by atoms with van der Waals surface area (Å²) in [4.78, 5) is 57.4. The number of anilines is 1. The second kappa shape index (κ2) is 18.7. The molecular formula is C41H40N4O13S2. The molecule has 0 fully saturated rings. The molecule has 1 aliphatic heterocycles. The van der Waals surface area contributed by atoms with Gasteiger partial charge in [-0.2, -0.15) is 16.8 Å². The maximum atomic E-state index is 13.2. The molecule has 3 aromatic carbocycles. The Kier molecular flexibility index (Phi) is 13.4. The first-order valence-electron chi connectivity index (χ1n) is 18.5. The number of carboxylic acids is 1. The van der Waals surface area contributed by atoms with Crippen molar-refractivity contribution in [2.75, 3.05) is 36.0 Å². The highest BCUT2D eigenvalue weighted by Crippen LogP contribution is 2.27. The summed E-state index contributed by atoms with van der Waals surface area (Å²) in [6.07, 6.45) is 7.58. The molecule has 1 aliphatic carbocycles. The zero-order valence-electron chi connectivity index (χ0n) is 31.7. The van der Waals surface area contributed by atoms with Gasteiger partial charge in [-0.25, -0.2) is 14.6 Å². The van der Waals surface area contributed by atoms with Crippen molar-refractivity contribution in [3.8, 4) is 0 Å². The minimum absolute atomic E-state index is 0.000262. The maximum absolute atomic E-state index is 13.2. The van der Waals surface area contributed by atoms with E-state index in [0.29, 0.717) is 16.6 Å². The van der Waals surface area contributed by atoms with Crippen LogP contribution in [0.5, 0.6) is 0 Å². The lowest BCUT2D eigenvalue weighted by atomic mass is 10.00. The van der Waals surface area contributed by atoms with E-state index < -0.39 is 79.9 Å². The van der Waals surface area contributed by atoms with E-state index in [2.05, 4.69) is 15.6 Å². The number of carbonyl (C=O) groups excluding carboxylic acids is 2. The predicted octanol–water partition coefficient (Wildman–Crippen LogP) is 3.34. The Morgan fingerprint density at radius 1 is 0.850 bits per heavy atom. The number of carbonyl (C=O) groups is 3. The molecule has 17 nitrogen and oxygen atoms in total. The van der Waals surface area contributed by atoms with Crippen molar-refractivity contribution < 1.29 is 54.6 Å². The number of hydrogen-bond acceptors (Lipinski definition) is 12. The van der Waals surface area contributed by atoms with Crippen molar-refractivity contribution in [3.63, 3.8) is 0 Å². The van der Waals surface area contributed by atoms with E-state index >= 15 is 0 Å². The van der Waals surface area contributed by atoms with Crippen LogP contribution in [0.25, 0.3) is 23.1 Å². The normalized spacial score (nSPS) is 16.7. The van der Waals surface area contributed by atoms with Crippen LogP contribution in [0.1, 0.15) is 39.9 Å². The van der Waals surface area contributed by atoms with Gasteiger partial charge < -0.3 is 29.8 Å². The summed E-state index contributed by atoms with van der Waals surface area (Å²) in [7, 11) is -8.50. The molecule has 19 heteroatoms. The van der Waals surface area contributed by atoms with Crippen LogP contribution < -0.4 is 21.2 Å². The predicted molar refractivity (Wildman–Crippen MR) is 223 cm³/mol. The van der Waals surface area contributed by atoms with Gasteiger partial charge in [0.2, 0.25) is 5.90 Å². The summed E-state index contributed by atoms with van der Waals surface area (Å²) in [5, 5.41) is 15.2. The molecule has 1 aromatic heterocycles. The van der Waals surface area contributed by atoms with Crippen molar-refractivity contribution in [1.82, 2.24) is 10.6 Å². The smallest absolute Gasteiger partial charge is 0.349 e. The number of fused-ring (bicyclic) bond motifs is 2. The van der Waals surface area contributed by atoms with Crippen LogP contribution in [-0.4, -0.2) is 104 Å². The van der Waals surface area contributed by atoms with Gasteiger partial charge in [-0.3, -0.25) is 18.7 Å². The SMILES string of the molecule is O=C(NC(CNC(=O)c1ccc(/C=C/c2ccccc2)cc1)C(=O)O)C1=CC2N=C(c3cc4ccc(N(CCCS(=O)(=O)O)CCCS(=O)(=O)O)cc4oc3=O)OC2C=C1. The van der Waals surface area contributed by atoms with Crippen molar-refractivity contribution in [2.24, 2.45) is 4.99 Å². The van der Waals surface area contributed by atoms with E-state index in [1.807, 2.05) is 42.5 Å². The molecule has 3 atom stereocenters. The number of ether oxygens (including phenoxy) is 1. The van der Waals surface area contributed by atoms with Gasteiger partial charge in [-0.05, 0) is 72.5 Å². The first-order valence-corrected chi connectivity index (χ1v) is 21.8. The van der Waals surface area contributed by atoms with Gasteiger partial charge in [-0.15, -0.1) is 0 Å². The second-order valence-corrected chi connectivity index (χ2v) is 17.0. The second-order valence-electron chi connectivity index (χ2n) is 13.9. The van der Waals surface area contributed by atoms with E-state index in [4.69, 9.17) is 18.3 Å². The number of rotatable bonds is 18. The number of benzene rings is 3. The zero-order valence-corrected chi connectivity index (χ0v) is 33.3. The lowest BCUT2D eigenvalue weighted by Gasteiger charge is -2.24. The Labute approximate surface area is 344 Å². The number of nitrogens with one attached hydrogen (secondary N) is 2. The van der Waals surface area contributed by atoms with Gasteiger partial charge in [-0.1, -0.05) is 54.6 Å². The van der Waals surface area contributed by atoms with Gasteiger partial charge in [0, 0.05) is 47.9 Å². The highest BCUT2D eigenvalue weighted by Gasteiger charge is 2.34. The number of aliphatic carboxylic acids is 1. The van der Waals surface area contributed by atoms with E-state index in [0.717, 1.165) is 11.1 Å². The van der Waals surface area contributed by atoms with E-state index in [1.54, 1.807) is 47.4 Å². The molecule has 0 bridgehead atoms. The molecule has 6 rings (SSSR count). The molecule has 0 spiro atoms. The summed E-state index contributed by atoms with van der Waals surface area (Å²) >= 11 is 0. The van der Waals surface area contributed by atoms with E-state index in [9.17, 15) is 41.1 Å². The molecule has 4 aromatic rings. The third-order valence-corrected chi connectivity index (χ3v) is 11.0. The van der Waals surface area contributed by atoms with E-state index in [-0.39, 0.29) is 48.5 Å². The van der Waals surface area contributed by atoms with Crippen LogP contribution in [0.2, 0.25) is 0 Å². The summed E-state index contributed by atoms with van der Waals surface area (Å²) < 4.78 is 74.8. The lowest BCUT2D eigenvalue weighted by Crippen LogP contribution is -2.49. The molecule has 2 aliphatic rings. The van der Waals surface area contributed by atoms with Crippen LogP contribution >= 0.6 is 0 Å². The number of amides is 2. The monoisotopic (exact) mass is 860 g/mol. The lowest BCUT2D eigenvalue weighted by molar-refractivity contribution is -0.141. The van der Waals surface area contributed by atoms with Gasteiger partial charge in [0.1, 0.15) is 29.3 Å². The molecular weight excluding hydrogens is 821 g/mol. The third kappa shape index (κ3) is 11.8. The van der Waals surface area contributed by atoms with Crippen LogP contribution in [0.15, 0.2) is 117 Å². The van der Waals surface area contributed by atoms with Crippen molar-refractivity contribution in [2.45, 2.75) is 31.0 Å². The van der Waals surface area contributed by atoms with Gasteiger partial charge in [0.25, 0.3) is 32.1 Å². The van der Waals surface area contributed by atoms with E-state index in [1.165, 1.54) is 24.3 Å². The fraction of sp³-hybridized carbons (Fsp3) is 0.244. The van der Waals surface area contributed by atoms with Crippen LogP contribution in [0, 0.1) is 0 Å². The topological polar surface area (TPSA) is 259 Å². The number of nitrogens with zero attached hydrogens (tertiary/aromatic N) is 2. The molecule has 0 saturated carbocycles. The summed E-state index contributed by atoms with van der Waals surface area (Å²) in [6.45, 7) is -0.223. The quantitative estimate of drug-likeness (QED) is 0.0547. The summed E-state index contributed by atoms with van der Waals surface area (Å²) in [5.41, 5.74) is 2.02. The molecule has 2 heterocycles. The Balaban J connectivity index is 1.09. The minimum atomic E-state index is -4.25. The molecule has 5 N–H and O–H groups in total. The Hall–Kier alpha value is -6.41. The Morgan fingerprint density at radius 3 is 2.13 bits per heavy atom. The molecule has 3 unspecified atom stereocenters.